The molecule has 0 aromatic carbocycles. The Balaban J connectivity index is 2.18. The third-order valence-electron chi connectivity index (χ3n) is 3.40. The van der Waals surface area contributed by atoms with Gasteiger partial charge in [0.1, 0.15) is 12.2 Å². The van der Waals surface area contributed by atoms with E-state index < -0.39 is 11.1 Å². The van der Waals surface area contributed by atoms with Crippen LogP contribution in [-0.4, -0.2) is 30.8 Å². The molecule has 0 saturated carbocycles. The number of methoxy groups -OCH3 is 1. The molecule has 1 N–H and O–H groups in total. The molecule has 74 valence electrons. The van der Waals surface area contributed by atoms with Crippen molar-refractivity contribution in [1.29, 1.82) is 0 Å². The molecule has 2 aliphatic heterocycles. The predicted molar refractivity (Wildman–Crippen MR) is 45.1 cm³/mol. The van der Waals surface area contributed by atoms with Gasteiger partial charge < -0.3 is 4.74 Å². The molecule has 2 fully saturated rings. The fourth-order valence-corrected chi connectivity index (χ4v) is 2.53. The van der Waals surface area contributed by atoms with Gasteiger partial charge in [0.15, 0.2) is 0 Å². The Bertz CT molecular complexity index is 234. The summed E-state index contributed by atoms with van der Waals surface area (Å²) in [4.78, 5) is 11.4. The minimum atomic E-state index is -0.569. The molecule has 0 unspecified atom stereocenters. The van der Waals surface area contributed by atoms with Gasteiger partial charge in [0, 0.05) is 5.54 Å². The van der Waals surface area contributed by atoms with E-state index in [1.54, 1.807) is 0 Å². The van der Waals surface area contributed by atoms with E-state index in [9.17, 15) is 9.18 Å². The Morgan fingerprint density at radius 1 is 1.46 bits per heavy atom. The first-order valence-electron chi connectivity index (χ1n) is 4.60. The maximum Gasteiger partial charge on any atom is 0.326 e. The van der Waals surface area contributed by atoms with Crippen molar-refractivity contribution in [2.24, 2.45) is 0 Å². The van der Waals surface area contributed by atoms with E-state index in [0.717, 1.165) is 12.8 Å². The van der Waals surface area contributed by atoms with E-state index in [2.05, 4.69) is 5.32 Å². The van der Waals surface area contributed by atoms with Gasteiger partial charge in [-0.25, -0.2) is 4.39 Å². The standard InChI is InChI=1S/C9H14FNO2/c1-13-7(12)9-4-2-8(6-10,11-9)3-5-9/h11H,2-6H2,1H3. The SMILES string of the molecule is COC(=O)C12CCC(CF)(CC1)N2. The average molecular weight is 187 g/mol. The maximum absolute atomic E-state index is 12.7. The average Bonchev–Trinajstić information content (AvgIpc) is 2.74. The molecule has 0 aliphatic carbocycles. The molecule has 2 bridgehead atoms. The molecule has 0 spiro atoms. The highest BCUT2D eigenvalue weighted by atomic mass is 19.1. The summed E-state index contributed by atoms with van der Waals surface area (Å²) in [6.45, 7) is -0.383. The number of ether oxygens (including phenoxy) is 1. The Morgan fingerprint density at radius 3 is 2.46 bits per heavy atom. The number of alkyl halides is 1. The van der Waals surface area contributed by atoms with Gasteiger partial charge in [0.05, 0.1) is 7.11 Å². The Hall–Kier alpha value is -0.640. The van der Waals surface area contributed by atoms with Crippen LogP contribution in [-0.2, 0) is 9.53 Å². The van der Waals surface area contributed by atoms with E-state index in [4.69, 9.17) is 4.74 Å². The van der Waals surface area contributed by atoms with Gasteiger partial charge in [-0.05, 0) is 25.7 Å². The summed E-state index contributed by atoms with van der Waals surface area (Å²) in [6, 6.07) is 0. The van der Waals surface area contributed by atoms with Crippen LogP contribution in [0.15, 0.2) is 0 Å². The van der Waals surface area contributed by atoms with Gasteiger partial charge in [-0.15, -0.1) is 0 Å². The zero-order valence-corrected chi connectivity index (χ0v) is 7.73. The molecule has 2 saturated heterocycles. The molecular formula is C9H14FNO2. The van der Waals surface area contributed by atoms with Crippen molar-refractivity contribution < 1.29 is 13.9 Å². The Kier molecular flexibility index (Phi) is 1.84. The van der Waals surface area contributed by atoms with Gasteiger partial charge in [-0.3, -0.25) is 10.1 Å². The summed E-state index contributed by atoms with van der Waals surface area (Å²) in [5.74, 6) is -0.236. The number of halogens is 1. The van der Waals surface area contributed by atoms with Crippen LogP contribution < -0.4 is 5.32 Å². The van der Waals surface area contributed by atoms with E-state index in [1.165, 1.54) is 7.11 Å². The maximum atomic E-state index is 12.7. The number of rotatable bonds is 2. The summed E-state index contributed by atoms with van der Waals surface area (Å²) in [7, 11) is 1.38. The normalized spacial score (nSPS) is 42.3. The highest BCUT2D eigenvalue weighted by Gasteiger charge is 2.58. The third kappa shape index (κ3) is 1.08. The zero-order chi connectivity index (χ0) is 9.53. The first-order valence-corrected chi connectivity index (χ1v) is 4.60. The van der Waals surface area contributed by atoms with Crippen molar-refractivity contribution >= 4 is 5.97 Å². The second-order valence-electron chi connectivity index (χ2n) is 4.11. The Morgan fingerprint density at radius 2 is 2.08 bits per heavy atom. The highest BCUT2D eigenvalue weighted by Crippen LogP contribution is 2.45. The quantitative estimate of drug-likeness (QED) is 0.649. The molecule has 0 amide bonds. The first-order chi connectivity index (χ1) is 6.16. The van der Waals surface area contributed by atoms with Crippen LogP contribution in [0.4, 0.5) is 4.39 Å². The Labute approximate surface area is 76.6 Å². The molecular weight excluding hydrogens is 173 g/mol. The lowest BCUT2D eigenvalue weighted by molar-refractivity contribution is -0.147. The van der Waals surface area contributed by atoms with Crippen molar-refractivity contribution in [3.8, 4) is 0 Å². The van der Waals surface area contributed by atoms with Crippen LogP contribution in [0, 0.1) is 0 Å². The van der Waals surface area contributed by atoms with Crippen molar-refractivity contribution in [2.75, 3.05) is 13.8 Å². The smallest absolute Gasteiger partial charge is 0.326 e. The van der Waals surface area contributed by atoms with E-state index in [0.29, 0.717) is 12.8 Å². The summed E-state index contributed by atoms with van der Waals surface area (Å²) < 4.78 is 17.4. The molecule has 0 aromatic rings. The molecule has 2 heterocycles. The largest absolute Gasteiger partial charge is 0.468 e. The van der Waals surface area contributed by atoms with Gasteiger partial charge in [-0.2, -0.15) is 0 Å². The van der Waals surface area contributed by atoms with Crippen LogP contribution in [0.3, 0.4) is 0 Å². The molecule has 0 atom stereocenters. The summed E-state index contributed by atoms with van der Waals surface area (Å²) >= 11 is 0. The van der Waals surface area contributed by atoms with Gasteiger partial charge in [0.2, 0.25) is 0 Å². The van der Waals surface area contributed by atoms with Crippen LogP contribution >= 0.6 is 0 Å². The van der Waals surface area contributed by atoms with Crippen LogP contribution in [0.2, 0.25) is 0 Å². The molecule has 3 nitrogen and oxygen atoms in total. The summed E-state index contributed by atoms with van der Waals surface area (Å²) in [5.41, 5.74) is -0.991. The topological polar surface area (TPSA) is 38.3 Å². The number of carbonyl (C=O) groups is 1. The van der Waals surface area contributed by atoms with Crippen LogP contribution in [0.5, 0.6) is 0 Å². The summed E-state index contributed by atoms with van der Waals surface area (Å²) in [5, 5.41) is 3.11. The predicted octanol–water partition coefficient (Wildman–Crippen LogP) is 0.784. The summed E-state index contributed by atoms with van der Waals surface area (Å²) in [6.07, 6.45) is 2.92. The monoisotopic (exact) mass is 187 g/mol. The molecule has 0 radical (unpaired) electrons. The molecule has 13 heavy (non-hydrogen) atoms. The second kappa shape index (κ2) is 2.67. The molecule has 2 rings (SSSR count). The number of fused-ring (bicyclic) bond motifs is 2. The van der Waals surface area contributed by atoms with E-state index >= 15 is 0 Å². The number of hydrogen-bond acceptors (Lipinski definition) is 3. The van der Waals surface area contributed by atoms with Crippen molar-refractivity contribution in [3.63, 3.8) is 0 Å². The van der Waals surface area contributed by atoms with Gasteiger partial charge in [-0.1, -0.05) is 0 Å². The number of carbonyl (C=O) groups excluding carboxylic acids is 1. The van der Waals surface area contributed by atoms with Gasteiger partial charge in [0.25, 0.3) is 0 Å². The third-order valence-corrected chi connectivity index (χ3v) is 3.40. The lowest BCUT2D eigenvalue weighted by atomic mass is 9.83. The fourth-order valence-electron chi connectivity index (χ4n) is 2.53. The first kappa shape index (κ1) is 8.94. The molecule has 4 heteroatoms. The molecule has 0 aromatic heterocycles. The lowest BCUT2D eigenvalue weighted by Crippen LogP contribution is -2.49. The van der Waals surface area contributed by atoms with Gasteiger partial charge >= 0.3 is 5.97 Å². The van der Waals surface area contributed by atoms with Crippen LogP contribution in [0.1, 0.15) is 25.7 Å². The number of nitrogens with one attached hydrogen (secondary N) is 1. The molecule has 2 aliphatic rings. The van der Waals surface area contributed by atoms with Crippen molar-refractivity contribution in [2.45, 2.75) is 36.8 Å². The van der Waals surface area contributed by atoms with E-state index in [1.807, 2.05) is 0 Å². The van der Waals surface area contributed by atoms with Crippen molar-refractivity contribution in [3.05, 3.63) is 0 Å². The highest BCUT2D eigenvalue weighted by molar-refractivity contribution is 5.82. The van der Waals surface area contributed by atoms with Crippen LogP contribution in [0.25, 0.3) is 0 Å². The fraction of sp³-hybridized carbons (Fsp3) is 0.889. The minimum Gasteiger partial charge on any atom is -0.468 e. The van der Waals surface area contributed by atoms with Crippen molar-refractivity contribution in [1.82, 2.24) is 5.32 Å². The number of hydrogen-bond donors (Lipinski definition) is 1. The minimum absolute atomic E-state index is 0.236. The number of esters is 1. The second-order valence-corrected chi connectivity index (χ2v) is 4.11. The lowest BCUT2D eigenvalue weighted by Gasteiger charge is -2.21. The van der Waals surface area contributed by atoms with E-state index in [-0.39, 0.29) is 12.6 Å². The zero-order valence-electron chi connectivity index (χ0n) is 7.73.